The van der Waals surface area contributed by atoms with Gasteiger partial charge in [-0.3, -0.25) is 0 Å². The number of ether oxygens (including phenoxy) is 1. The van der Waals surface area contributed by atoms with Gasteiger partial charge in [0.05, 0.1) is 6.61 Å². The number of carbonyl (C=O) groups is 1. The van der Waals surface area contributed by atoms with E-state index in [9.17, 15) is 4.79 Å². The molecule has 0 saturated heterocycles. The van der Waals surface area contributed by atoms with Crippen molar-refractivity contribution in [3.63, 3.8) is 0 Å². The summed E-state index contributed by atoms with van der Waals surface area (Å²) in [6.45, 7) is 5.96. The number of carbonyl (C=O) groups excluding carboxylic acids is 1. The lowest BCUT2D eigenvalue weighted by atomic mass is 9.94. The number of allylic oxidation sites excluding steroid dienone is 1. The smallest absolute Gasteiger partial charge is 0.362 e. The molecule has 0 aromatic carbocycles. The molecule has 0 atom stereocenters. The number of anilines is 1. The van der Waals surface area contributed by atoms with Gasteiger partial charge < -0.3 is 15.3 Å². The van der Waals surface area contributed by atoms with Crippen molar-refractivity contribution in [2.45, 2.75) is 38.7 Å². The van der Waals surface area contributed by atoms with Crippen molar-refractivity contribution in [2.24, 2.45) is 5.16 Å². The van der Waals surface area contributed by atoms with Crippen molar-refractivity contribution in [3.05, 3.63) is 23.2 Å². The van der Waals surface area contributed by atoms with Crippen LogP contribution in [0.25, 0.3) is 0 Å². The first-order valence-electron chi connectivity index (χ1n) is 6.89. The number of oxime groups is 1. The number of aromatic nitrogens is 1. The van der Waals surface area contributed by atoms with Gasteiger partial charge in [0.2, 0.25) is 5.71 Å². The second-order valence-corrected chi connectivity index (χ2v) is 5.68. The van der Waals surface area contributed by atoms with Crippen molar-refractivity contribution >= 4 is 28.1 Å². The van der Waals surface area contributed by atoms with E-state index in [1.165, 1.54) is 16.9 Å². The fraction of sp³-hybridized carbons (Fsp3) is 0.500. The van der Waals surface area contributed by atoms with Crippen LogP contribution in [0.4, 0.5) is 5.13 Å². The highest BCUT2D eigenvalue weighted by atomic mass is 32.1. The second kappa shape index (κ2) is 7.21. The minimum Gasteiger partial charge on any atom is -0.461 e. The van der Waals surface area contributed by atoms with Gasteiger partial charge in [0.25, 0.3) is 0 Å². The van der Waals surface area contributed by atoms with E-state index in [1.807, 2.05) is 0 Å². The summed E-state index contributed by atoms with van der Waals surface area (Å²) in [7, 11) is 0. The minimum atomic E-state index is -0.553. The summed E-state index contributed by atoms with van der Waals surface area (Å²) in [5.74, 6) is -0.553. The lowest BCUT2D eigenvalue weighted by molar-refractivity contribution is -0.135. The van der Waals surface area contributed by atoms with Crippen molar-refractivity contribution in [1.29, 1.82) is 0 Å². The van der Waals surface area contributed by atoms with Gasteiger partial charge in [0.15, 0.2) is 5.13 Å². The molecule has 0 spiro atoms. The molecule has 6 nitrogen and oxygen atoms in total. The number of rotatable bonds is 5. The van der Waals surface area contributed by atoms with Gasteiger partial charge in [-0.1, -0.05) is 17.3 Å². The molecule has 0 amide bonds. The molecule has 0 radical (unpaired) electrons. The maximum atomic E-state index is 12.0. The van der Waals surface area contributed by atoms with Crippen molar-refractivity contribution in [2.75, 3.05) is 12.3 Å². The van der Waals surface area contributed by atoms with Crippen LogP contribution in [0.2, 0.25) is 0 Å². The van der Waals surface area contributed by atoms with Crippen LogP contribution in [0.3, 0.4) is 0 Å². The lowest BCUT2D eigenvalue weighted by Gasteiger charge is -2.21. The Morgan fingerprint density at radius 1 is 1.57 bits per heavy atom. The fourth-order valence-corrected chi connectivity index (χ4v) is 2.56. The summed E-state index contributed by atoms with van der Waals surface area (Å²) in [6.07, 6.45) is 3.57. The molecule has 1 aromatic rings. The normalized spacial score (nSPS) is 16.8. The highest BCUT2D eigenvalue weighted by Gasteiger charge is 2.22. The van der Waals surface area contributed by atoms with Crippen molar-refractivity contribution < 1.29 is 14.4 Å². The zero-order valence-corrected chi connectivity index (χ0v) is 12.8. The summed E-state index contributed by atoms with van der Waals surface area (Å²) < 4.78 is 4.98. The summed E-state index contributed by atoms with van der Waals surface area (Å²) in [5, 5.41) is 6.01. The van der Waals surface area contributed by atoms with Crippen molar-refractivity contribution in [3.8, 4) is 0 Å². The number of thiazole rings is 1. The quantitative estimate of drug-likeness (QED) is 0.391. The molecule has 7 heteroatoms. The molecule has 1 aliphatic carbocycles. The second-order valence-electron chi connectivity index (χ2n) is 4.79. The highest BCUT2D eigenvalue weighted by molar-refractivity contribution is 7.13. The molecule has 114 valence electrons. The van der Waals surface area contributed by atoms with Crippen LogP contribution in [0.1, 0.15) is 38.3 Å². The number of nitrogens with two attached hydrogens (primary N) is 1. The predicted molar refractivity (Wildman–Crippen MR) is 82.2 cm³/mol. The van der Waals surface area contributed by atoms with Crippen LogP contribution in [-0.2, 0) is 14.4 Å². The molecule has 2 N–H and O–H groups in total. The van der Waals surface area contributed by atoms with Crippen LogP contribution in [0, 0.1) is 0 Å². The first-order valence-corrected chi connectivity index (χ1v) is 7.77. The predicted octanol–water partition coefficient (Wildman–Crippen LogP) is 2.51. The average molecular weight is 309 g/mol. The van der Waals surface area contributed by atoms with E-state index < -0.39 is 5.97 Å². The maximum absolute atomic E-state index is 12.0. The Balaban J connectivity index is 2.09. The standard InChI is InChI=1S/C14H19N3O3S/c1-3-19-13(18)12(11-8-21-14(15)16-11)17-20-10-6-4-9(2)5-7-10/h8,10H,2-7H2,1H3,(H2,15,16)/b17-12+. The molecule has 0 unspecified atom stereocenters. The molecule has 1 heterocycles. The van der Waals surface area contributed by atoms with Gasteiger partial charge in [0, 0.05) is 5.38 Å². The molecule has 1 aliphatic rings. The van der Waals surface area contributed by atoms with Crippen molar-refractivity contribution in [1.82, 2.24) is 4.98 Å². The first-order chi connectivity index (χ1) is 10.1. The van der Waals surface area contributed by atoms with Crippen LogP contribution < -0.4 is 5.73 Å². The Morgan fingerprint density at radius 2 is 2.29 bits per heavy atom. The molecule has 2 rings (SSSR count). The monoisotopic (exact) mass is 309 g/mol. The van der Waals surface area contributed by atoms with E-state index in [0.717, 1.165) is 25.7 Å². The Kier molecular flexibility index (Phi) is 5.32. The highest BCUT2D eigenvalue weighted by Crippen LogP contribution is 2.24. The Hall–Kier alpha value is -1.89. The van der Waals surface area contributed by atoms with Gasteiger partial charge in [-0.25, -0.2) is 9.78 Å². The van der Waals surface area contributed by atoms with Crippen LogP contribution in [-0.4, -0.2) is 29.4 Å². The molecule has 0 bridgehead atoms. The molecule has 1 fully saturated rings. The van der Waals surface area contributed by atoms with Gasteiger partial charge >= 0.3 is 5.97 Å². The number of hydrogen-bond acceptors (Lipinski definition) is 7. The van der Waals surface area contributed by atoms with Crippen LogP contribution >= 0.6 is 11.3 Å². The van der Waals surface area contributed by atoms with Crippen LogP contribution in [0.15, 0.2) is 22.7 Å². The number of nitrogens with zero attached hydrogens (tertiary/aromatic N) is 2. The lowest BCUT2D eigenvalue weighted by Crippen LogP contribution is -2.22. The topological polar surface area (TPSA) is 86.8 Å². The Bertz CT molecular complexity index is 543. The van der Waals surface area contributed by atoms with Crippen LogP contribution in [0.5, 0.6) is 0 Å². The fourth-order valence-electron chi connectivity index (χ4n) is 2.02. The summed E-state index contributed by atoms with van der Waals surface area (Å²) >= 11 is 1.24. The average Bonchev–Trinajstić information content (AvgIpc) is 2.88. The number of hydrogen-bond donors (Lipinski definition) is 1. The van der Waals surface area contributed by atoms with E-state index in [-0.39, 0.29) is 18.4 Å². The largest absolute Gasteiger partial charge is 0.461 e. The molecule has 21 heavy (non-hydrogen) atoms. The molecular weight excluding hydrogens is 290 g/mol. The van der Waals surface area contributed by atoms with E-state index in [0.29, 0.717) is 10.8 Å². The number of esters is 1. The third-order valence-electron chi connectivity index (χ3n) is 3.17. The summed E-state index contributed by atoms with van der Waals surface area (Å²) in [6, 6.07) is 0. The third kappa shape index (κ3) is 4.29. The summed E-state index contributed by atoms with van der Waals surface area (Å²) in [4.78, 5) is 21.5. The molecular formula is C14H19N3O3S. The zero-order chi connectivity index (χ0) is 15.2. The zero-order valence-electron chi connectivity index (χ0n) is 12.0. The first kappa shape index (κ1) is 15.5. The van der Waals surface area contributed by atoms with E-state index >= 15 is 0 Å². The SMILES string of the molecule is C=C1CCC(O/N=C(/C(=O)OCC)c2csc(N)n2)CC1. The molecule has 0 aliphatic heterocycles. The molecule has 1 aromatic heterocycles. The van der Waals surface area contributed by atoms with Gasteiger partial charge in [0.1, 0.15) is 11.8 Å². The van der Waals surface area contributed by atoms with E-state index in [4.69, 9.17) is 15.3 Å². The van der Waals surface area contributed by atoms with Gasteiger partial charge in [-0.05, 0) is 32.6 Å². The number of nitrogen functional groups attached to an aromatic ring is 1. The maximum Gasteiger partial charge on any atom is 0.362 e. The third-order valence-corrected chi connectivity index (χ3v) is 3.84. The van der Waals surface area contributed by atoms with E-state index in [1.54, 1.807) is 12.3 Å². The van der Waals surface area contributed by atoms with Gasteiger partial charge in [-0.2, -0.15) is 0 Å². The molecule has 1 saturated carbocycles. The minimum absolute atomic E-state index is 0.00379. The summed E-state index contributed by atoms with van der Waals surface area (Å²) in [5.41, 5.74) is 7.28. The Labute approximate surface area is 127 Å². The van der Waals surface area contributed by atoms with Gasteiger partial charge in [-0.15, -0.1) is 11.3 Å². The van der Waals surface area contributed by atoms with E-state index in [2.05, 4.69) is 16.7 Å². The Morgan fingerprint density at radius 3 is 2.86 bits per heavy atom.